The van der Waals surface area contributed by atoms with Gasteiger partial charge in [-0.2, -0.15) is 0 Å². The molecule has 1 saturated heterocycles. The third-order valence-corrected chi connectivity index (χ3v) is 8.06. The van der Waals surface area contributed by atoms with E-state index in [-0.39, 0.29) is 12.1 Å². The van der Waals surface area contributed by atoms with Gasteiger partial charge in [0.25, 0.3) is 0 Å². The van der Waals surface area contributed by atoms with Crippen molar-refractivity contribution in [1.82, 2.24) is 14.8 Å². The summed E-state index contributed by atoms with van der Waals surface area (Å²) in [6.07, 6.45) is 2.35. The lowest BCUT2D eigenvalue weighted by atomic mass is 9.93. The second-order valence-corrected chi connectivity index (χ2v) is 10.2. The molecule has 0 radical (unpaired) electrons. The fraction of sp³-hybridized carbons (Fsp3) is 0.516. The molecule has 1 fully saturated rings. The van der Waals surface area contributed by atoms with E-state index in [9.17, 15) is 4.79 Å². The second kappa shape index (κ2) is 12.2. The van der Waals surface area contributed by atoms with Gasteiger partial charge in [-0.1, -0.05) is 12.1 Å². The lowest BCUT2D eigenvalue weighted by molar-refractivity contribution is 0.0266. The molecule has 38 heavy (non-hydrogen) atoms. The van der Waals surface area contributed by atoms with Gasteiger partial charge in [0.2, 0.25) is 0 Å². The summed E-state index contributed by atoms with van der Waals surface area (Å²) in [6.45, 7) is 15.2. The molecule has 204 valence electrons. The number of nitrogens with zero attached hydrogens (tertiary/aromatic N) is 3. The fourth-order valence-corrected chi connectivity index (χ4v) is 6.06. The number of carbonyl (C=O) groups is 1. The highest BCUT2D eigenvalue weighted by molar-refractivity contribution is 5.93. The van der Waals surface area contributed by atoms with Gasteiger partial charge in [0.05, 0.1) is 6.61 Å². The number of piperazine rings is 1. The Balaban J connectivity index is 1.42. The molecule has 7 nitrogen and oxygen atoms in total. The van der Waals surface area contributed by atoms with E-state index >= 15 is 0 Å². The van der Waals surface area contributed by atoms with Crippen LogP contribution in [0.5, 0.6) is 5.75 Å². The molecule has 1 unspecified atom stereocenters. The van der Waals surface area contributed by atoms with Crippen LogP contribution in [0.2, 0.25) is 0 Å². The molecule has 2 aliphatic rings. The molecule has 5 rings (SSSR count). The smallest absolute Gasteiger partial charge is 0.342 e. The summed E-state index contributed by atoms with van der Waals surface area (Å²) >= 11 is 0. The highest BCUT2D eigenvalue weighted by Crippen LogP contribution is 2.36. The summed E-state index contributed by atoms with van der Waals surface area (Å²) in [5.41, 5.74) is 5.82. The van der Waals surface area contributed by atoms with Crippen molar-refractivity contribution in [2.75, 3.05) is 57.3 Å². The number of aromatic nitrogens is 1. The average Bonchev–Trinajstić information content (AvgIpc) is 3.26. The molecular formula is C31H42N4O3. The van der Waals surface area contributed by atoms with Crippen LogP contribution in [-0.4, -0.2) is 74.0 Å². The number of esters is 1. The lowest BCUT2D eigenvalue weighted by Gasteiger charge is -2.28. The van der Waals surface area contributed by atoms with Gasteiger partial charge >= 0.3 is 5.97 Å². The van der Waals surface area contributed by atoms with Crippen LogP contribution < -0.4 is 15.0 Å². The van der Waals surface area contributed by atoms with Crippen molar-refractivity contribution in [1.29, 1.82) is 0 Å². The number of ether oxygens (including phenoxy) is 2. The monoisotopic (exact) mass is 518 g/mol. The zero-order valence-corrected chi connectivity index (χ0v) is 23.2. The summed E-state index contributed by atoms with van der Waals surface area (Å²) in [5.74, 6) is 0.290. The van der Waals surface area contributed by atoms with Crippen LogP contribution in [0.15, 0.2) is 42.5 Å². The summed E-state index contributed by atoms with van der Waals surface area (Å²) in [4.78, 5) is 18.1. The molecule has 0 amide bonds. The van der Waals surface area contributed by atoms with Crippen molar-refractivity contribution in [3.63, 3.8) is 0 Å². The Kier molecular flexibility index (Phi) is 8.55. The predicted octanol–water partition coefficient (Wildman–Crippen LogP) is 4.51. The maximum absolute atomic E-state index is 13.2. The molecule has 2 aromatic carbocycles. The third kappa shape index (κ3) is 5.54. The van der Waals surface area contributed by atoms with Crippen molar-refractivity contribution in [2.45, 2.75) is 52.7 Å². The van der Waals surface area contributed by atoms with Crippen LogP contribution in [0.1, 0.15) is 48.8 Å². The van der Waals surface area contributed by atoms with Crippen molar-refractivity contribution in [3.05, 3.63) is 59.3 Å². The van der Waals surface area contributed by atoms with Crippen LogP contribution in [0, 0.1) is 0 Å². The highest BCUT2D eigenvalue weighted by Gasteiger charge is 2.29. The molecular weight excluding hydrogens is 476 g/mol. The van der Waals surface area contributed by atoms with Gasteiger partial charge in [-0.05, 0) is 69.5 Å². The quantitative estimate of drug-likeness (QED) is 0.399. The molecule has 1 atom stereocenters. The zero-order valence-electron chi connectivity index (χ0n) is 23.2. The summed E-state index contributed by atoms with van der Waals surface area (Å²) < 4.78 is 14.3. The first kappa shape index (κ1) is 26.6. The maximum atomic E-state index is 13.2. The first-order chi connectivity index (χ1) is 18.6. The Morgan fingerprint density at radius 3 is 2.61 bits per heavy atom. The molecule has 2 heterocycles. The Morgan fingerprint density at radius 1 is 1.05 bits per heavy atom. The van der Waals surface area contributed by atoms with Crippen molar-refractivity contribution >= 4 is 22.6 Å². The van der Waals surface area contributed by atoms with Gasteiger partial charge in [-0.15, -0.1) is 0 Å². The van der Waals surface area contributed by atoms with Gasteiger partial charge in [-0.3, -0.25) is 4.90 Å². The van der Waals surface area contributed by atoms with Crippen LogP contribution in [0.3, 0.4) is 0 Å². The number of carbonyl (C=O) groups excluding carboxylic acids is 1. The zero-order chi connectivity index (χ0) is 26.5. The van der Waals surface area contributed by atoms with Crippen LogP contribution in [0.25, 0.3) is 10.9 Å². The maximum Gasteiger partial charge on any atom is 0.342 e. The van der Waals surface area contributed by atoms with E-state index in [2.05, 4.69) is 51.7 Å². The third-order valence-electron chi connectivity index (χ3n) is 8.06. The molecule has 0 saturated carbocycles. The van der Waals surface area contributed by atoms with Gasteiger partial charge < -0.3 is 24.3 Å². The normalized spacial score (nSPS) is 17.8. The van der Waals surface area contributed by atoms with E-state index in [4.69, 9.17) is 9.47 Å². The van der Waals surface area contributed by atoms with E-state index < -0.39 is 0 Å². The molecule has 7 heteroatoms. The van der Waals surface area contributed by atoms with Crippen molar-refractivity contribution in [3.8, 4) is 5.75 Å². The van der Waals surface area contributed by atoms with Gasteiger partial charge in [0.1, 0.15) is 17.4 Å². The minimum Gasteiger partial charge on any atom is -0.493 e. The second-order valence-electron chi connectivity index (χ2n) is 10.2. The van der Waals surface area contributed by atoms with Crippen molar-refractivity contribution < 1.29 is 14.3 Å². The van der Waals surface area contributed by atoms with Crippen LogP contribution >= 0.6 is 0 Å². The number of benzene rings is 2. The number of para-hydroxylation sites is 1. The van der Waals surface area contributed by atoms with Crippen LogP contribution in [-0.2, 0) is 24.1 Å². The molecule has 0 bridgehead atoms. The highest BCUT2D eigenvalue weighted by atomic mass is 16.5. The number of hydrogen-bond acceptors (Lipinski definition) is 6. The van der Waals surface area contributed by atoms with E-state index in [1.54, 1.807) is 6.07 Å². The minimum atomic E-state index is -0.297. The predicted molar refractivity (Wildman–Crippen MR) is 154 cm³/mol. The van der Waals surface area contributed by atoms with E-state index in [0.29, 0.717) is 17.9 Å². The molecule has 1 aliphatic heterocycles. The summed E-state index contributed by atoms with van der Waals surface area (Å²) in [5, 5.41) is 4.76. The Bertz CT molecular complexity index is 1240. The minimum absolute atomic E-state index is 0.144. The number of nitrogens with one attached hydrogen (secondary N) is 1. The fourth-order valence-electron chi connectivity index (χ4n) is 6.06. The topological polar surface area (TPSA) is 59.0 Å². The number of rotatable bonds is 10. The number of hydrogen-bond donors (Lipinski definition) is 1. The standard InChI is InChI=1S/C31H42N4O3/c1-4-34(5-2)23-11-13-28-26(21-23)27-22-24(38-31(36)25-9-7-8-10-30(25)37-6-3)12-14-29(27)35(28)20-19-33-17-15-32-16-18-33/h7-11,13,21,24,32H,4-6,12,14-20,22H2,1-3H3. The molecule has 1 aromatic heterocycles. The van der Waals surface area contributed by atoms with Gasteiger partial charge in [0, 0.05) is 81.1 Å². The number of fused-ring (bicyclic) bond motifs is 3. The Labute approximate surface area is 226 Å². The summed E-state index contributed by atoms with van der Waals surface area (Å²) in [7, 11) is 0. The first-order valence-electron chi connectivity index (χ1n) is 14.4. The van der Waals surface area contributed by atoms with E-state index in [1.807, 2.05) is 25.1 Å². The summed E-state index contributed by atoms with van der Waals surface area (Å²) in [6, 6.07) is 14.3. The first-order valence-corrected chi connectivity index (χ1v) is 14.4. The largest absolute Gasteiger partial charge is 0.493 e. The molecule has 0 spiro atoms. The van der Waals surface area contributed by atoms with E-state index in [0.717, 1.165) is 71.6 Å². The SMILES string of the molecule is CCOc1ccccc1C(=O)OC1CCc2c(c3cc(N(CC)CC)ccc3n2CCN2CCNCC2)C1. The van der Waals surface area contributed by atoms with E-state index in [1.165, 1.54) is 27.8 Å². The van der Waals surface area contributed by atoms with Crippen molar-refractivity contribution in [2.24, 2.45) is 0 Å². The van der Waals surface area contributed by atoms with Gasteiger partial charge in [0.15, 0.2) is 0 Å². The Hall–Kier alpha value is -3.03. The molecule has 3 aromatic rings. The Morgan fingerprint density at radius 2 is 1.84 bits per heavy atom. The van der Waals surface area contributed by atoms with Crippen LogP contribution in [0.4, 0.5) is 5.69 Å². The number of anilines is 1. The average molecular weight is 519 g/mol. The lowest BCUT2D eigenvalue weighted by Crippen LogP contribution is -2.44. The molecule has 1 aliphatic carbocycles. The van der Waals surface area contributed by atoms with Gasteiger partial charge in [-0.25, -0.2) is 4.79 Å². The molecule has 1 N–H and O–H groups in total.